The van der Waals surface area contributed by atoms with Crippen molar-refractivity contribution in [1.82, 2.24) is 4.90 Å². The number of rotatable bonds is 13. The summed E-state index contributed by atoms with van der Waals surface area (Å²) < 4.78 is 30.0. The van der Waals surface area contributed by atoms with Crippen LogP contribution in [-0.4, -0.2) is 32.2 Å². The van der Waals surface area contributed by atoms with Gasteiger partial charge in [-0.25, -0.2) is 0 Å². The van der Waals surface area contributed by atoms with Gasteiger partial charge in [0.25, 0.3) is 10.0 Å². The molecule has 0 saturated heterocycles. The first-order valence-electron chi connectivity index (χ1n) is 10.3. The van der Waals surface area contributed by atoms with Crippen molar-refractivity contribution in [2.75, 3.05) is 13.1 Å². The van der Waals surface area contributed by atoms with Crippen LogP contribution in [0.4, 0.5) is 0 Å². The summed E-state index contributed by atoms with van der Waals surface area (Å²) in [7, 11) is -3.73. The SMILES string of the molecule is CCCCCCC(=NS(=O)(=O)c1ccc(Cl)cc1)N(CCCC)CCCC. The molecule has 0 aromatic heterocycles. The standard InChI is InChI=1S/C21H35ClN2O2S/c1-4-7-10-11-12-21(24(17-8-5-2)18-9-6-3)23-27(25,26)20-15-13-19(22)14-16-20/h13-16H,4-12,17-18H2,1-3H3. The fourth-order valence-electron chi connectivity index (χ4n) is 2.84. The van der Waals surface area contributed by atoms with Gasteiger partial charge in [-0.15, -0.1) is 4.40 Å². The topological polar surface area (TPSA) is 49.7 Å². The van der Waals surface area contributed by atoms with Crippen LogP contribution in [0, 0.1) is 0 Å². The van der Waals surface area contributed by atoms with Gasteiger partial charge in [-0.05, 0) is 43.5 Å². The first kappa shape index (κ1) is 24.0. The lowest BCUT2D eigenvalue weighted by Gasteiger charge is -2.26. The normalized spacial score (nSPS) is 12.4. The Morgan fingerprint density at radius 3 is 1.96 bits per heavy atom. The number of amidine groups is 1. The van der Waals surface area contributed by atoms with Crippen molar-refractivity contribution in [3.05, 3.63) is 29.3 Å². The summed E-state index contributed by atoms with van der Waals surface area (Å²) in [6.07, 6.45) is 9.35. The van der Waals surface area contributed by atoms with Crippen LogP contribution in [0.2, 0.25) is 5.02 Å². The molecule has 0 fully saturated rings. The van der Waals surface area contributed by atoms with E-state index in [1.165, 1.54) is 18.6 Å². The summed E-state index contributed by atoms with van der Waals surface area (Å²) in [5.41, 5.74) is 0. The van der Waals surface area contributed by atoms with Crippen LogP contribution in [-0.2, 0) is 10.0 Å². The van der Waals surface area contributed by atoms with E-state index in [1.54, 1.807) is 12.1 Å². The Hall–Kier alpha value is -1.07. The van der Waals surface area contributed by atoms with Crippen LogP contribution in [0.15, 0.2) is 33.6 Å². The molecular formula is C21H35ClN2O2S. The number of hydrogen-bond acceptors (Lipinski definition) is 2. The summed E-state index contributed by atoms with van der Waals surface area (Å²) >= 11 is 5.89. The van der Waals surface area contributed by atoms with Gasteiger partial charge in [0.15, 0.2) is 0 Å². The van der Waals surface area contributed by atoms with Crippen molar-refractivity contribution >= 4 is 27.5 Å². The first-order valence-corrected chi connectivity index (χ1v) is 12.1. The summed E-state index contributed by atoms with van der Waals surface area (Å²) in [5, 5.41) is 0.519. The highest BCUT2D eigenvalue weighted by Gasteiger charge is 2.18. The van der Waals surface area contributed by atoms with Crippen LogP contribution in [0.25, 0.3) is 0 Å². The van der Waals surface area contributed by atoms with E-state index in [2.05, 4.69) is 30.1 Å². The number of unbranched alkanes of at least 4 members (excludes halogenated alkanes) is 5. The number of sulfonamides is 1. The maximum absolute atomic E-state index is 12.8. The highest BCUT2D eigenvalue weighted by molar-refractivity contribution is 7.90. The Labute approximate surface area is 171 Å². The Kier molecular flexibility index (Phi) is 11.7. The summed E-state index contributed by atoms with van der Waals surface area (Å²) in [5.74, 6) is 0.711. The number of nitrogens with zero attached hydrogens (tertiary/aromatic N) is 2. The lowest BCUT2D eigenvalue weighted by atomic mass is 10.1. The maximum Gasteiger partial charge on any atom is 0.283 e. The summed E-state index contributed by atoms with van der Waals surface area (Å²) in [6.45, 7) is 8.20. The lowest BCUT2D eigenvalue weighted by molar-refractivity contribution is 0.389. The second kappa shape index (κ2) is 13.2. The van der Waals surface area contributed by atoms with Crippen molar-refractivity contribution in [3.63, 3.8) is 0 Å². The molecule has 0 saturated carbocycles. The van der Waals surface area contributed by atoms with E-state index in [4.69, 9.17) is 11.6 Å². The smallest absolute Gasteiger partial charge is 0.283 e. The van der Waals surface area contributed by atoms with E-state index in [9.17, 15) is 8.42 Å². The molecule has 1 aromatic carbocycles. The van der Waals surface area contributed by atoms with Crippen LogP contribution in [0.3, 0.4) is 0 Å². The van der Waals surface area contributed by atoms with Crippen LogP contribution >= 0.6 is 11.6 Å². The van der Waals surface area contributed by atoms with Crippen LogP contribution in [0.1, 0.15) is 78.6 Å². The van der Waals surface area contributed by atoms with Gasteiger partial charge in [-0.2, -0.15) is 8.42 Å². The highest BCUT2D eigenvalue weighted by atomic mass is 35.5. The summed E-state index contributed by atoms with van der Waals surface area (Å²) in [4.78, 5) is 2.38. The molecular weight excluding hydrogens is 380 g/mol. The Bertz CT molecular complexity index is 649. The minimum atomic E-state index is -3.73. The second-order valence-electron chi connectivity index (χ2n) is 6.94. The van der Waals surface area contributed by atoms with Gasteiger partial charge >= 0.3 is 0 Å². The molecule has 4 nitrogen and oxygen atoms in total. The molecule has 0 unspecified atom stereocenters. The molecule has 0 amide bonds. The molecule has 27 heavy (non-hydrogen) atoms. The average molecular weight is 415 g/mol. The molecule has 0 aliphatic heterocycles. The van der Waals surface area contributed by atoms with Crippen LogP contribution in [0.5, 0.6) is 0 Å². The monoisotopic (exact) mass is 414 g/mol. The average Bonchev–Trinajstić information content (AvgIpc) is 2.65. The Morgan fingerprint density at radius 2 is 1.44 bits per heavy atom. The first-order chi connectivity index (χ1) is 12.9. The Balaban J connectivity index is 3.11. The van der Waals surface area contributed by atoms with Crippen molar-refractivity contribution in [1.29, 1.82) is 0 Å². The minimum Gasteiger partial charge on any atom is -0.359 e. The molecule has 0 aliphatic rings. The lowest BCUT2D eigenvalue weighted by Crippen LogP contribution is -2.33. The van der Waals surface area contributed by atoms with Crippen molar-refractivity contribution < 1.29 is 8.42 Å². The maximum atomic E-state index is 12.8. The third kappa shape index (κ3) is 9.11. The molecule has 0 atom stereocenters. The number of benzene rings is 1. The van der Waals surface area contributed by atoms with E-state index in [-0.39, 0.29) is 4.90 Å². The van der Waals surface area contributed by atoms with Crippen molar-refractivity contribution in [3.8, 4) is 0 Å². The minimum absolute atomic E-state index is 0.198. The van der Waals surface area contributed by atoms with E-state index in [1.807, 2.05) is 0 Å². The Morgan fingerprint density at radius 1 is 0.889 bits per heavy atom. The van der Waals surface area contributed by atoms with Gasteiger partial charge in [-0.3, -0.25) is 0 Å². The zero-order chi connectivity index (χ0) is 20.1. The molecule has 0 heterocycles. The third-order valence-electron chi connectivity index (χ3n) is 4.52. The summed E-state index contributed by atoms with van der Waals surface area (Å²) in [6, 6.07) is 6.24. The van der Waals surface area contributed by atoms with E-state index in [0.717, 1.165) is 58.0 Å². The zero-order valence-corrected chi connectivity index (χ0v) is 18.7. The van der Waals surface area contributed by atoms with E-state index in [0.29, 0.717) is 17.3 Å². The molecule has 0 radical (unpaired) electrons. The number of halogens is 1. The van der Waals surface area contributed by atoms with Gasteiger partial charge in [0.05, 0.1) is 4.90 Å². The van der Waals surface area contributed by atoms with Crippen molar-refractivity contribution in [2.24, 2.45) is 4.40 Å². The van der Waals surface area contributed by atoms with Gasteiger partial charge in [0.1, 0.15) is 5.84 Å². The second-order valence-corrected chi connectivity index (χ2v) is 8.98. The zero-order valence-electron chi connectivity index (χ0n) is 17.1. The molecule has 1 aromatic rings. The van der Waals surface area contributed by atoms with Gasteiger partial charge in [-0.1, -0.05) is 64.5 Å². The largest absolute Gasteiger partial charge is 0.359 e. The fourth-order valence-corrected chi connectivity index (χ4v) is 4.03. The quantitative estimate of drug-likeness (QED) is 0.216. The molecule has 6 heteroatoms. The predicted molar refractivity (Wildman–Crippen MR) is 116 cm³/mol. The molecule has 0 bridgehead atoms. The molecule has 1 rings (SSSR count). The molecule has 154 valence electrons. The fraction of sp³-hybridized carbons (Fsp3) is 0.667. The number of hydrogen-bond donors (Lipinski definition) is 0. The molecule has 0 spiro atoms. The van der Waals surface area contributed by atoms with Crippen molar-refractivity contribution in [2.45, 2.75) is 83.5 Å². The van der Waals surface area contributed by atoms with Gasteiger partial charge < -0.3 is 4.90 Å². The van der Waals surface area contributed by atoms with Gasteiger partial charge in [0, 0.05) is 24.5 Å². The highest BCUT2D eigenvalue weighted by Crippen LogP contribution is 2.18. The molecule has 0 N–H and O–H groups in total. The van der Waals surface area contributed by atoms with Gasteiger partial charge in [0.2, 0.25) is 0 Å². The predicted octanol–water partition coefficient (Wildman–Crippen LogP) is 6.30. The van der Waals surface area contributed by atoms with E-state index >= 15 is 0 Å². The molecule has 0 aliphatic carbocycles. The third-order valence-corrected chi connectivity index (χ3v) is 6.09. The van der Waals surface area contributed by atoms with E-state index < -0.39 is 10.0 Å². The van der Waals surface area contributed by atoms with Crippen LogP contribution < -0.4 is 0 Å².